The number of carbonyl (C=O) groups excluding carboxylic acids is 5. The van der Waals surface area contributed by atoms with Crippen molar-refractivity contribution in [1.29, 1.82) is 5.26 Å². The molecule has 14 heteroatoms. The normalized spacial score (nSPS) is 23.1. The van der Waals surface area contributed by atoms with E-state index in [4.69, 9.17) is 29.4 Å². The zero-order valence-electron chi connectivity index (χ0n) is 21.0. The molecule has 0 unspecified atom stereocenters. The van der Waals surface area contributed by atoms with E-state index in [9.17, 15) is 29.2 Å². The van der Waals surface area contributed by atoms with E-state index < -0.39 is 71.8 Å². The topological polar surface area (TPSA) is 193 Å². The van der Waals surface area contributed by atoms with Crippen LogP contribution in [0.3, 0.4) is 0 Å². The fraction of sp³-hybridized carbons (Fsp3) is 0.417. The number of hydrogen-bond donors (Lipinski definition) is 2. The van der Waals surface area contributed by atoms with E-state index >= 15 is 0 Å². The average Bonchev–Trinajstić information content (AvgIpc) is 2.81. The zero-order chi connectivity index (χ0) is 28.4. The van der Waals surface area contributed by atoms with Crippen LogP contribution < -0.4 is 11.1 Å². The number of nitrogens with one attached hydrogen (secondary N) is 1. The quantitative estimate of drug-likeness (QED) is 0.183. The first-order valence-corrected chi connectivity index (χ1v) is 12.0. The molecule has 0 saturated carbocycles. The van der Waals surface area contributed by atoms with Crippen LogP contribution in [-0.4, -0.2) is 66.2 Å². The Kier molecular flexibility index (Phi) is 11.1. The number of thioether (sulfide) groups is 1. The average molecular weight is 550 g/mol. The molecule has 3 N–H and O–H groups in total. The lowest BCUT2D eigenvalue weighted by molar-refractivity contribution is -0.237. The summed E-state index contributed by atoms with van der Waals surface area (Å²) in [7, 11) is 0. The van der Waals surface area contributed by atoms with E-state index in [-0.39, 0.29) is 5.03 Å². The highest BCUT2D eigenvalue weighted by molar-refractivity contribution is 8.03. The minimum atomic E-state index is -1.41. The van der Waals surface area contributed by atoms with E-state index in [2.05, 4.69) is 5.32 Å². The third-order valence-corrected chi connectivity index (χ3v) is 5.95. The lowest BCUT2D eigenvalue weighted by atomic mass is 9.99. The van der Waals surface area contributed by atoms with E-state index in [1.807, 2.05) is 0 Å². The fourth-order valence-corrected chi connectivity index (χ4v) is 4.64. The van der Waals surface area contributed by atoms with Gasteiger partial charge in [0, 0.05) is 33.4 Å². The minimum Gasteiger partial charge on any atom is -0.463 e. The van der Waals surface area contributed by atoms with Crippen molar-refractivity contribution in [1.82, 2.24) is 0 Å². The molecule has 38 heavy (non-hydrogen) atoms. The van der Waals surface area contributed by atoms with Crippen LogP contribution in [0.5, 0.6) is 0 Å². The first kappa shape index (κ1) is 30.1. The van der Waals surface area contributed by atoms with Gasteiger partial charge in [-0.05, 0) is 12.1 Å². The molecule has 2 rings (SSSR count). The number of hydrogen-bond acceptors (Lipinski definition) is 13. The third-order valence-electron chi connectivity index (χ3n) is 4.80. The molecule has 1 fully saturated rings. The van der Waals surface area contributed by atoms with E-state index in [0.29, 0.717) is 5.69 Å². The van der Waals surface area contributed by atoms with Crippen molar-refractivity contribution in [2.45, 2.75) is 57.5 Å². The van der Waals surface area contributed by atoms with Crippen molar-refractivity contribution in [3.63, 3.8) is 0 Å². The standard InChI is InChI=1S/C24H27N3O10S/c1-12(28)33-11-18-19(34-13(2)29)20(35-14(3)30)21(36-15(4)31)24(37-18)38-23(17(10-25)22(26)32)27-16-8-6-5-7-9-16/h5-9,18-21,24,27H,11H2,1-4H3,(H2,26,32)/b23-17+/t18-,19-,20+,21-,24-/m1/s1. The number of carbonyl (C=O) groups is 5. The van der Waals surface area contributed by atoms with Gasteiger partial charge in [-0.2, -0.15) is 5.26 Å². The fourth-order valence-electron chi connectivity index (χ4n) is 3.42. The van der Waals surface area contributed by atoms with Crippen LogP contribution in [-0.2, 0) is 47.7 Å². The van der Waals surface area contributed by atoms with Gasteiger partial charge in [0.15, 0.2) is 23.7 Å². The maximum Gasteiger partial charge on any atom is 0.303 e. The zero-order valence-corrected chi connectivity index (χ0v) is 21.8. The molecule has 0 spiro atoms. The summed E-state index contributed by atoms with van der Waals surface area (Å²) in [6.07, 6.45) is -5.37. The van der Waals surface area contributed by atoms with Crippen molar-refractivity contribution in [3.05, 3.63) is 40.9 Å². The number of esters is 4. The van der Waals surface area contributed by atoms with Crippen LogP contribution in [0.2, 0.25) is 0 Å². The molecule has 1 aromatic rings. The van der Waals surface area contributed by atoms with Gasteiger partial charge in [-0.15, -0.1) is 0 Å². The van der Waals surface area contributed by atoms with Gasteiger partial charge < -0.3 is 34.7 Å². The van der Waals surface area contributed by atoms with Crippen LogP contribution >= 0.6 is 11.8 Å². The van der Waals surface area contributed by atoms with Crippen molar-refractivity contribution in [2.75, 3.05) is 11.9 Å². The van der Waals surface area contributed by atoms with Gasteiger partial charge in [-0.3, -0.25) is 24.0 Å². The second-order valence-corrected chi connectivity index (χ2v) is 8.97. The number of primary amides is 1. The number of para-hydroxylation sites is 1. The largest absolute Gasteiger partial charge is 0.463 e. The second-order valence-electron chi connectivity index (χ2n) is 7.86. The molecule has 0 bridgehead atoms. The lowest BCUT2D eigenvalue weighted by Crippen LogP contribution is -2.61. The number of nitriles is 1. The Balaban J connectivity index is 2.61. The predicted molar refractivity (Wildman–Crippen MR) is 131 cm³/mol. The van der Waals surface area contributed by atoms with E-state index in [1.54, 1.807) is 36.4 Å². The number of ether oxygens (including phenoxy) is 5. The second kappa shape index (κ2) is 14.0. The summed E-state index contributed by atoms with van der Waals surface area (Å²) in [5.74, 6) is -4.09. The predicted octanol–water partition coefficient (Wildman–Crippen LogP) is 1.14. The van der Waals surface area contributed by atoms with Crippen LogP contribution in [0.15, 0.2) is 40.9 Å². The van der Waals surface area contributed by atoms with E-state index in [0.717, 1.165) is 39.5 Å². The van der Waals surface area contributed by atoms with Gasteiger partial charge >= 0.3 is 23.9 Å². The Morgan fingerprint density at radius 2 is 1.47 bits per heavy atom. The van der Waals surface area contributed by atoms with Gasteiger partial charge in [-0.25, -0.2) is 0 Å². The van der Waals surface area contributed by atoms with Crippen LogP contribution in [0.4, 0.5) is 5.69 Å². The summed E-state index contributed by atoms with van der Waals surface area (Å²) in [4.78, 5) is 59.5. The number of nitrogens with zero attached hydrogens (tertiary/aromatic N) is 1. The Labute approximate surface area is 222 Å². The molecule has 1 saturated heterocycles. The van der Waals surface area contributed by atoms with E-state index in [1.165, 1.54) is 0 Å². The Hall–Kier alpha value is -4.09. The molecule has 204 valence electrons. The molecule has 13 nitrogen and oxygen atoms in total. The first-order valence-electron chi connectivity index (χ1n) is 11.2. The SMILES string of the molecule is CC(=O)OC[C@H]1O[C@H](S/C(Nc2ccccc2)=C(\C#N)C(N)=O)[C@H](OC(C)=O)[C@@H](OC(C)=O)[C@@H]1OC(C)=O. The smallest absolute Gasteiger partial charge is 0.303 e. The third kappa shape index (κ3) is 8.79. The summed E-state index contributed by atoms with van der Waals surface area (Å²) in [6.45, 7) is 4.02. The van der Waals surface area contributed by atoms with Gasteiger partial charge in [0.05, 0.1) is 5.03 Å². The number of nitrogens with two attached hydrogens (primary N) is 1. The molecule has 1 aromatic carbocycles. The lowest BCUT2D eigenvalue weighted by Gasteiger charge is -2.44. The summed E-state index contributed by atoms with van der Waals surface area (Å²) in [5, 5.41) is 12.5. The summed E-state index contributed by atoms with van der Waals surface area (Å²) in [5.41, 5.74) is 4.16. The highest BCUT2D eigenvalue weighted by Gasteiger charge is 2.52. The Bertz CT molecular complexity index is 1130. The van der Waals surface area contributed by atoms with Crippen molar-refractivity contribution < 1.29 is 47.7 Å². The van der Waals surface area contributed by atoms with Crippen LogP contribution in [0.1, 0.15) is 27.7 Å². The highest BCUT2D eigenvalue weighted by Crippen LogP contribution is 2.38. The molecule has 0 radical (unpaired) electrons. The minimum absolute atomic E-state index is 0.0629. The Morgan fingerprint density at radius 3 is 1.97 bits per heavy atom. The number of rotatable bonds is 10. The monoisotopic (exact) mass is 549 g/mol. The van der Waals surface area contributed by atoms with Gasteiger partial charge in [0.1, 0.15) is 24.4 Å². The molecular formula is C24H27N3O10S. The molecule has 5 atom stereocenters. The Morgan fingerprint density at radius 1 is 0.921 bits per heavy atom. The molecular weight excluding hydrogens is 522 g/mol. The summed E-state index contributed by atoms with van der Waals surface area (Å²) >= 11 is 0.735. The first-order chi connectivity index (χ1) is 17.9. The molecule has 1 aliphatic rings. The molecule has 1 aliphatic heterocycles. The van der Waals surface area contributed by atoms with Crippen molar-refractivity contribution in [3.8, 4) is 6.07 Å². The van der Waals surface area contributed by atoms with Gasteiger partial charge in [0.2, 0.25) is 0 Å². The molecule has 0 aliphatic carbocycles. The number of anilines is 1. The highest BCUT2D eigenvalue weighted by atomic mass is 32.2. The molecule has 1 amide bonds. The van der Waals surface area contributed by atoms with Gasteiger partial charge in [0.25, 0.3) is 5.91 Å². The maximum absolute atomic E-state index is 12.1. The van der Waals surface area contributed by atoms with Crippen LogP contribution in [0, 0.1) is 11.3 Å². The number of amides is 1. The van der Waals surface area contributed by atoms with Crippen molar-refractivity contribution >= 4 is 47.2 Å². The summed E-state index contributed by atoms with van der Waals surface area (Å²) < 4.78 is 27.2. The van der Waals surface area contributed by atoms with Crippen LogP contribution in [0.25, 0.3) is 0 Å². The molecule has 1 heterocycles. The number of benzene rings is 1. The summed E-state index contributed by atoms with van der Waals surface area (Å²) in [6, 6.07) is 10.2. The molecule has 0 aromatic heterocycles. The maximum atomic E-state index is 12.1. The van der Waals surface area contributed by atoms with Crippen molar-refractivity contribution in [2.24, 2.45) is 5.73 Å². The van der Waals surface area contributed by atoms with Gasteiger partial charge in [-0.1, -0.05) is 30.0 Å².